The molecule has 3 aromatic rings. The molecule has 0 atom stereocenters. The van der Waals surface area contributed by atoms with Gasteiger partial charge in [-0.15, -0.1) is 0 Å². The Balaban J connectivity index is 1.66. The summed E-state index contributed by atoms with van der Waals surface area (Å²) in [5.74, 6) is -1.81. The van der Waals surface area contributed by atoms with Gasteiger partial charge in [-0.2, -0.15) is 0 Å². The zero-order valence-corrected chi connectivity index (χ0v) is 25.7. The minimum absolute atomic E-state index is 0.0297. The van der Waals surface area contributed by atoms with E-state index in [9.17, 15) is 18.8 Å². The Bertz CT molecular complexity index is 1390. The molecule has 3 amide bonds. The summed E-state index contributed by atoms with van der Waals surface area (Å²) in [5, 5.41) is 5.09. The Labute approximate surface area is 264 Å². The van der Waals surface area contributed by atoms with Crippen molar-refractivity contribution in [3.63, 3.8) is 0 Å². The lowest BCUT2D eigenvalue weighted by Gasteiger charge is -2.27. The Morgan fingerprint density at radius 3 is 1.83 bits per heavy atom. The third-order valence-corrected chi connectivity index (χ3v) is 7.66. The highest BCUT2D eigenvalue weighted by atomic mass is 35.5. The van der Waals surface area contributed by atoms with Crippen molar-refractivity contribution in [2.45, 2.75) is 19.3 Å². The molecule has 0 aliphatic heterocycles. The van der Waals surface area contributed by atoms with Crippen LogP contribution in [0.25, 0.3) is 0 Å². The van der Waals surface area contributed by atoms with Crippen LogP contribution in [-0.4, -0.2) is 66.8 Å². The SMILES string of the molecule is NC(=O)CN(CCc1ccc(Cl)cc1Cl)C(=O)CN(CCc1ccc(F)cc1)C(=O)CNCCc1ccc(Cl)cc1Cl. The number of hydrogen-bond acceptors (Lipinski definition) is 4. The normalized spacial score (nSPS) is 10.9. The Morgan fingerprint density at radius 1 is 0.714 bits per heavy atom. The number of hydrogen-bond donors (Lipinski definition) is 2. The molecule has 42 heavy (non-hydrogen) atoms. The number of halogens is 5. The molecule has 0 aromatic heterocycles. The van der Waals surface area contributed by atoms with Crippen LogP contribution in [0.15, 0.2) is 60.7 Å². The van der Waals surface area contributed by atoms with E-state index in [1.807, 2.05) is 6.07 Å². The van der Waals surface area contributed by atoms with Crippen molar-refractivity contribution in [2.24, 2.45) is 5.73 Å². The lowest BCUT2D eigenvalue weighted by molar-refractivity contribution is -0.141. The smallest absolute Gasteiger partial charge is 0.242 e. The molecule has 0 spiro atoms. The lowest BCUT2D eigenvalue weighted by atomic mass is 10.1. The monoisotopic (exact) mass is 654 g/mol. The van der Waals surface area contributed by atoms with Crippen LogP contribution in [0.4, 0.5) is 4.39 Å². The molecule has 0 saturated carbocycles. The summed E-state index contributed by atoms with van der Waals surface area (Å²) < 4.78 is 13.4. The molecule has 0 unspecified atom stereocenters. The first-order valence-corrected chi connectivity index (χ1v) is 14.7. The quantitative estimate of drug-likeness (QED) is 0.220. The molecule has 0 bridgehead atoms. The fourth-order valence-corrected chi connectivity index (χ4v) is 5.19. The lowest BCUT2D eigenvalue weighted by Crippen LogP contribution is -2.48. The van der Waals surface area contributed by atoms with E-state index in [4.69, 9.17) is 52.1 Å². The first-order valence-electron chi connectivity index (χ1n) is 13.2. The fourth-order valence-electron chi connectivity index (χ4n) is 4.18. The number of amides is 3. The molecule has 224 valence electrons. The molecular weight excluding hydrogens is 625 g/mol. The molecule has 7 nitrogen and oxygen atoms in total. The summed E-state index contributed by atoms with van der Waals surface area (Å²) in [4.78, 5) is 41.1. The van der Waals surface area contributed by atoms with Gasteiger partial charge in [-0.3, -0.25) is 14.4 Å². The van der Waals surface area contributed by atoms with Gasteiger partial charge >= 0.3 is 0 Å². The number of nitrogens with one attached hydrogen (secondary N) is 1. The molecule has 0 radical (unpaired) electrons. The van der Waals surface area contributed by atoms with E-state index < -0.39 is 11.8 Å². The number of benzene rings is 3. The van der Waals surface area contributed by atoms with Crippen molar-refractivity contribution in [1.29, 1.82) is 0 Å². The summed E-state index contributed by atoms with van der Waals surface area (Å²) in [5.41, 5.74) is 7.85. The van der Waals surface area contributed by atoms with Crippen LogP contribution < -0.4 is 11.1 Å². The third-order valence-electron chi connectivity index (χ3n) is 6.49. The van der Waals surface area contributed by atoms with Crippen molar-refractivity contribution >= 4 is 64.1 Å². The average Bonchev–Trinajstić information content (AvgIpc) is 2.93. The number of nitrogens with two attached hydrogens (primary N) is 1. The van der Waals surface area contributed by atoms with Gasteiger partial charge in [0.25, 0.3) is 0 Å². The van der Waals surface area contributed by atoms with Gasteiger partial charge < -0.3 is 20.9 Å². The van der Waals surface area contributed by atoms with Crippen LogP contribution in [0.3, 0.4) is 0 Å². The molecule has 3 N–H and O–H groups in total. The van der Waals surface area contributed by atoms with E-state index in [0.717, 1.165) is 16.7 Å². The predicted molar refractivity (Wildman–Crippen MR) is 166 cm³/mol. The van der Waals surface area contributed by atoms with E-state index in [1.165, 1.54) is 21.9 Å². The highest BCUT2D eigenvalue weighted by molar-refractivity contribution is 6.35. The molecule has 0 fully saturated rings. The number of carbonyl (C=O) groups is 3. The molecule has 12 heteroatoms. The van der Waals surface area contributed by atoms with Gasteiger partial charge in [-0.05, 0) is 78.9 Å². The maximum absolute atomic E-state index is 13.4. The van der Waals surface area contributed by atoms with Crippen molar-refractivity contribution in [1.82, 2.24) is 15.1 Å². The van der Waals surface area contributed by atoms with Crippen LogP contribution in [0.1, 0.15) is 16.7 Å². The van der Waals surface area contributed by atoms with Crippen LogP contribution >= 0.6 is 46.4 Å². The van der Waals surface area contributed by atoms with Crippen molar-refractivity contribution < 1.29 is 18.8 Å². The maximum atomic E-state index is 13.4. The third kappa shape index (κ3) is 11.1. The molecule has 3 rings (SSSR count). The molecule has 0 aliphatic carbocycles. The van der Waals surface area contributed by atoms with Gasteiger partial charge in [-0.25, -0.2) is 4.39 Å². The Kier molecular flexibility index (Phi) is 13.4. The summed E-state index contributed by atoms with van der Waals surface area (Å²) >= 11 is 24.4. The minimum Gasteiger partial charge on any atom is -0.368 e. The number of carbonyl (C=O) groups excluding carboxylic acids is 3. The second kappa shape index (κ2) is 16.7. The molecule has 0 heterocycles. The first-order chi connectivity index (χ1) is 20.0. The van der Waals surface area contributed by atoms with Gasteiger partial charge in [-0.1, -0.05) is 70.7 Å². The first kappa shape index (κ1) is 33.6. The average molecular weight is 656 g/mol. The molecule has 3 aromatic carbocycles. The highest BCUT2D eigenvalue weighted by Gasteiger charge is 2.22. The van der Waals surface area contributed by atoms with Crippen LogP contribution in [0.5, 0.6) is 0 Å². The van der Waals surface area contributed by atoms with Crippen LogP contribution in [0.2, 0.25) is 20.1 Å². The Morgan fingerprint density at radius 2 is 1.26 bits per heavy atom. The fraction of sp³-hybridized carbons (Fsp3) is 0.300. The largest absolute Gasteiger partial charge is 0.368 e. The zero-order chi connectivity index (χ0) is 30.6. The van der Waals surface area contributed by atoms with Gasteiger partial charge in [0.15, 0.2) is 0 Å². The van der Waals surface area contributed by atoms with Gasteiger partial charge in [0.2, 0.25) is 17.7 Å². The predicted octanol–water partition coefficient (Wildman–Crippen LogP) is 5.20. The number of primary amides is 1. The van der Waals surface area contributed by atoms with Crippen molar-refractivity contribution in [3.8, 4) is 0 Å². The summed E-state index contributed by atoms with van der Waals surface area (Å²) in [6, 6.07) is 16.2. The van der Waals surface area contributed by atoms with Crippen LogP contribution in [-0.2, 0) is 33.6 Å². The molecular formula is C30H31Cl4FN4O3. The Hall–Kier alpha value is -2.88. The van der Waals surface area contributed by atoms with Crippen molar-refractivity contribution in [3.05, 3.63) is 103 Å². The highest BCUT2D eigenvalue weighted by Crippen LogP contribution is 2.22. The summed E-state index contributed by atoms with van der Waals surface area (Å²) in [7, 11) is 0. The zero-order valence-electron chi connectivity index (χ0n) is 22.7. The number of rotatable bonds is 15. The van der Waals surface area contributed by atoms with E-state index in [-0.39, 0.29) is 44.4 Å². The van der Waals surface area contributed by atoms with E-state index in [0.29, 0.717) is 45.9 Å². The second-order valence-corrected chi connectivity index (χ2v) is 11.3. The van der Waals surface area contributed by atoms with Crippen LogP contribution in [0, 0.1) is 5.82 Å². The minimum atomic E-state index is -0.683. The maximum Gasteiger partial charge on any atom is 0.242 e. The standard InChI is InChI=1S/C30H31Cl4FN4O3/c31-23-5-3-21(26(33)15-23)9-12-37-17-29(41)39(13-10-20-1-7-25(35)8-2-20)19-30(42)38(18-28(36)40)14-11-22-4-6-24(32)16-27(22)34/h1-8,15-16,37H,9-14,17-19H2,(H2,36,40). The summed E-state index contributed by atoms with van der Waals surface area (Å²) in [6.45, 7) is 0.203. The van der Waals surface area contributed by atoms with Crippen molar-refractivity contribution in [2.75, 3.05) is 39.3 Å². The van der Waals surface area contributed by atoms with Gasteiger partial charge in [0.1, 0.15) is 5.82 Å². The molecule has 0 aliphatic rings. The molecule has 0 saturated heterocycles. The van der Waals surface area contributed by atoms with Gasteiger partial charge in [0, 0.05) is 33.2 Å². The topological polar surface area (TPSA) is 95.7 Å². The second-order valence-electron chi connectivity index (χ2n) is 9.62. The van der Waals surface area contributed by atoms with Gasteiger partial charge in [0.05, 0.1) is 19.6 Å². The number of nitrogens with zero attached hydrogens (tertiary/aromatic N) is 2. The van der Waals surface area contributed by atoms with E-state index in [1.54, 1.807) is 42.5 Å². The van der Waals surface area contributed by atoms with E-state index >= 15 is 0 Å². The van der Waals surface area contributed by atoms with E-state index in [2.05, 4.69) is 5.32 Å². The summed E-state index contributed by atoms with van der Waals surface area (Å²) in [6.07, 6.45) is 1.32.